The van der Waals surface area contributed by atoms with Crippen LogP contribution in [0.5, 0.6) is 0 Å². The van der Waals surface area contributed by atoms with E-state index in [4.69, 9.17) is 9.97 Å². The Kier molecular flexibility index (Phi) is 4.53. The number of fused-ring (bicyclic) bond motifs is 1. The molecule has 0 spiro atoms. The van der Waals surface area contributed by atoms with Gasteiger partial charge in [-0.3, -0.25) is 4.79 Å². The molecule has 6 heteroatoms. The number of carbonyl (C=O) groups excluding carboxylic acids is 1. The number of carbonyl (C=O) groups is 1. The zero-order valence-corrected chi connectivity index (χ0v) is 17.7. The van der Waals surface area contributed by atoms with Crippen LogP contribution in [0.2, 0.25) is 0 Å². The molecule has 1 aliphatic rings. The van der Waals surface area contributed by atoms with Crippen molar-refractivity contribution in [1.82, 2.24) is 9.97 Å². The predicted octanol–water partition coefficient (Wildman–Crippen LogP) is 5.89. The first-order valence-corrected chi connectivity index (χ1v) is 11.2. The van der Waals surface area contributed by atoms with E-state index in [2.05, 4.69) is 53.3 Å². The third-order valence-corrected chi connectivity index (χ3v) is 6.92. The van der Waals surface area contributed by atoms with Crippen LogP contribution in [0.3, 0.4) is 0 Å². The van der Waals surface area contributed by atoms with Gasteiger partial charge in [-0.15, -0.1) is 22.7 Å². The molecule has 0 saturated heterocycles. The van der Waals surface area contributed by atoms with Crippen LogP contribution >= 0.6 is 22.7 Å². The molecule has 3 heterocycles. The van der Waals surface area contributed by atoms with Gasteiger partial charge in [-0.1, -0.05) is 35.9 Å². The highest BCUT2D eigenvalue weighted by atomic mass is 32.1. The second-order valence-electron chi connectivity index (χ2n) is 7.31. The topological polar surface area (TPSA) is 54.9 Å². The number of nitrogens with one attached hydrogen (secondary N) is 1. The number of rotatable bonds is 4. The summed E-state index contributed by atoms with van der Waals surface area (Å²) >= 11 is 3.33. The number of benzene rings is 2. The summed E-state index contributed by atoms with van der Waals surface area (Å²) in [6, 6.07) is 14.5. The molecule has 29 heavy (non-hydrogen) atoms. The van der Waals surface area contributed by atoms with Crippen LogP contribution in [0.25, 0.3) is 22.5 Å². The van der Waals surface area contributed by atoms with Crippen molar-refractivity contribution in [2.75, 3.05) is 5.32 Å². The van der Waals surface area contributed by atoms with Gasteiger partial charge in [0.1, 0.15) is 10.0 Å². The van der Waals surface area contributed by atoms with E-state index in [9.17, 15) is 4.79 Å². The van der Waals surface area contributed by atoms with E-state index >= 15 is 0 Å². The zero-order chi connectivity index (χ0) is 20.0. The molecule has 0 fully saturated rings. The number of aryl methyl sites for hydroxylation is 1. The molecule has 1 unspecified atom stereocenters. The molecule has 1 amide bonds. The van der Waals surface area contributed by atoms with Gasteiger partial charge in [0.05, 0.1) is 23.7 Å². The SMILES string of the molecule is Cc1ccc(-c2csc(Cc3nc(-c4ccc5c(c4)C(C)C(=O)N5)cs3)n2)cc1. The molecule has 4 aromatic rings. The maximum atomic E-state index is 11.9. The largest absolute Gasteiger partial charge is 0.325 e. The smallest absolute Gasteiger partial charge is 0.231 e. The lowest BCUT2D eigenvalue weighted by Crippen LogP contribution is -2.08. The van der Waals surface area contributed by atoms with Gasteiger partial charge in [0.25, 0.3) is 0 Å². The molecule has 1 atom stereocenters. The van der Waals surface area contributed by atoms with E-state index in [1.807, 2.05) is 19.1 Å². The number of anilines is 1. The summed E-state index contributed by atoms with van der Waals surface area (Å²) in [5.74, 6) is -0.0529. The van der Waals surface area contributed by atoms with Crippen molar-refractivity contribution in [3.63, 3.8) is 0 Å². The zero-order valence-electron chi connectivity index (χ0n) is 16.1. The molecular formula is C23H19N3OS2. The minimum Gasteiger partial charge on any atom is -0.325 e. The second kappa shape index (κ2) is 7.21. The molecule has 0 radical (unpaired) electrons. The number of amides is 1. The Labute approximate surface area is 177 Å². The summed E-state index contributed by atoms with van der Waals surface area (Å²) in [6.07, 6.45) is 0.739. The lowest BCUT2D eigenvalue weighted by atomic mass is 10.00. The van der Waals surface area contributed by atoms with Crippen LogP contribution in [0, 0.1) is 6.92 Å². The van der Waals surface area contributed by atoms with Gasteiger partial charge < -0.3 is 5.32 Å². The first-order chi connectivity index (χ1) is 14.1. The number of aromatic nitrogens is 2. The van der Waals surface area contributed by atoms with Gasteiger partial charge in [-0.2, -0.15) is 0 Å². The van der Waals surface area contributed by atoms with Crippen LogP contribution in [-0.4, -0.2) is 15.9 Å². The molecular weight excluding hydrogens is 398 g/mol. The maximum absolute atomic E-state index is 11.9. The number of hydrogen-bond acceptors (Lipinski definition) is 5. The Bertz CT molecular complexity index is 1210. The van der Waals surface area contributed by atoms with Gasteiger partial charge in [0.2, 0.25) is 5.91 Å². The Balaban J connectivity index is 1.35. The minimum atomic E-state index is -0.112. The summed E-state index contributed by atoms with van der Waals surface area (Å²) in [5.41, 5.74) is 7.38. The minimum absolute atomic E-state index is 0.0595. The first kappa shape index (κ1) is 18.2. The highest BCUT2D eigenvalue weighted by Gasteiger charge is 2.26. The molecule has 2 aromatic heterocycles. The van der Waals surface area contributed by atoms with E-state index in [1.165, 1.54) is 5.56 Å². The normalized spacial score (nSPS) is 15.4. The van der Waals surface area contributed by atoms with E-state index in [0.29, 0.717) is 0 Å². The van der Waals surface area contributed by atoms with Crippen molar-refractivity contribution >= 4 is 34.3 Å². The highest BCUT2D eigenvalue weighted by molar-refractivity contribution is 7.11. The van der Waals surface area contributed by atoms with E-state index in [-0.39, 0.29) is 11.8 Å². The summed E-state index contributed by atoms with van der Waals surface area (Å²) < 4.78 is 0. The quantitative estimate of drug-likeness (QED) is 0.450. The molecule has 1 N–H and O–H groups in total. The van der Waals surface area contributed by atoms with Crippen LogP contribution in [0.15, 0.2) is 53.2 Å². The van der Waals surface area contributed by atoms with Crippen LogP contribution in [0.4, 0.5) is 5.69 Å². The Hall–Kier alpha value is -2.83. The second-order valence-corrected chi connectivity index (χ2v) is 9.19. The molecule has 0 aliphatic carbocycles. The van der Waals surface area contributed by atoms with Crippen molar-refractivity contribution < 1.29 is 4.79 Å². The van der Waals surface area contributed by atoms with Gasteiger partial charge in [-0.25, -0.2) is 9.97 Å². The Morgan fingerprint density at radius 2 is 1.55 bits per heavy atom. The molecule has 0 bridgehead atoms. The van der Waals surface area contributed by atoms with Gasteiger partial charge in [0, 0.05) is 27.6 Å². The van der Waals surface area contributed by atoms with Crippen LogP contribution < -0.4 is 5.32 Å². The van der Waals surface area contributed by atoms with Gasteiger partial charge in [0.15, 0.2) is 0 Å². The standard InChI is InChI=1S/C23H19N3OS2/c1-13-3-5-15(6-4-13)19-11-28-21(24-19)10-22-25-20(12-29-22)16-7-8-18-17(9-16)14(2)23(27)26-18/h3-9,11-12,14H,10H2,1-2H3,(H,26,27). The fraction of sp³-hybridized carbons (Fsp3) is 0.174. The molecule has 5 rings (SSSR count). The van der Waals surface area contributed by atoms with Crippen molar-refractivity contribution in [3.05, 3.63) is 74.4 Å². The predicted molar refractivity (Wildman–Crippen MR) is 120 cm³/mol. The number of thiazole rings is 2. The fourth-order valence-electron chi connectivity index (χ4n) is 3.48. The summed E-state index contributed by atoms with van der Waals surface area (Å²) in [5, 5.41) is 9.23. The average molecular weight is 418 g/mol. The van der Waals surface area contributed by atoms with Crippen LogP contribution in [0.1, 0.15) is 34.0 Å². The van der Waals surface area contributed by atoms with Crippen molar-refractivity contribution in [3.8, 4) is 22.5 Å². The van der Waals surface area contributed by atoms with Crippen molar-refractivity contribution in [1.29, 1.82) is 0 Å². The lowest BCUT2D eigenvalue weighted by molar-refractivity contribution is -0.116. The van der Waals surface area contributed by atoms with Crippen molar-refractivity contribution in [2.24, 2.45) is 0 Å². The average Bonchev–Trinajstić information content (AvgIpc) is 3.44. The van der Waals surface area contributed by atoms with E-state index in [1.54, 1.807) is 22.7 Å². The summed E-state index contributed by atoms with van der Waals surface area (Å²) in [4.78, 5) is 21.5. The number of hydrogen-bond donors (Lipinski definition) is 1. The maximum Gasteiger partial charge on any atom is 0.231 e. The van der Waals surface area contributed by atoms with E-state index in [0.717, 1.165) is 50.2 Å². The van der Waals surface area contributed by atoms with Gasteiger partial charge >= 0.3 is 0 Å². The molecule has 4 nitrogen and oxygen atoms in total. The Morgan fingerprint density at radius 3 is 2.24 bits per heavy atom. The lowest BCUT2D eigenvalue weighted by Gasteiger charge is -2.03. The third kappa shape index (κ3) is 3.50. The summed E-state index contributed by atoms with van der Waals surface area (Å²) in [6.45, 7) is 4.03. The van der Waals surface area contributed by atoms with Gasteiger partial charge in [-0.05, 0) is 31.5 Å². The molecule has 1 aliphatic heterocycles. The highest BCUT2D eigenvalue weighted by Crippen LogP contribution is 2.36. The first-order valence-electron chi connectivity index (χ1n) is 9.48. The monoisotopic (exact) mass is 417 g/mol. The van der Waals surface area contributed by atoms with Crippen molar-refractivity contribution in [2.45, 2.75) is 26.2 Å². The van der Waals surface area contributed by atoms with E-state index < -0.39 is 0 Å². The molecule has 144 valence electrons. The fourth-order valence-corrected chi connectivity index (χ4v) is 5.19. The summed E-state index contributed by atoms with van der Waals surface area (Å²) in [7, 11) is 0. The molecule has 2 aromatic carbocycles. The molecule has 0 saturated carbocycles. The third-order valence-electron chi connectivity index (χ3n) is 5.22. The Morgan fingerprint density at radius 1 is 0.931 bits per heavy atom. The van der Waals surface area contributed by atoms with Crippen LogP contribution in [-0.2, 0) is 11.2 Å². The number of nitrogens with zero attached hydrogens (tertiary/aromatic N) is 2.